The Kier molecular flexibility index (Phi) is 5.55. The number of aryl methyl sites for hydroxylation is 1. The average molecular weight is 321 g/mol. The number of rotatable bonds is 5. The van der Waals surface area contributed by atoms with Crippen molar-refractivity contribution < 1.29 is 9.53 Å². The predicted molar refractivity (Wildman–Crippen MR) is 85.3 cm³/mol. The molecule has 7 heteroatoms. The van der Waals surface area contributed by atoms with Crippen LogP contribution in [0.1, 0.15) is 18.3 Å². The van der Waals surface area contributed by atoms with Crippen molar-refractivity contribution in [3.8, 4) is 5.75 Å². The number of benzene rings is 1. The van der Waals surface area contributed by atoms with Crippen LogP contribution in [0.25, 0.3) is 0 Å². The van der Waals surface area contributed by atoms with Crippen LogP contribution in [0.3, 0.4) is 0 Å². The number of halogens is 1. The molecule has 0 aliphatic rings. The molecule has 1 aromatic heterocycles. The number of anilines is 1. The highest BCUT2D eigenvalue weighted by Crippen LogP contribution is 2.27. The van der Waals surface area contributed by atoms with E-state index in [4.69, 9.17) is 16.3 Å². The molecule has 2 aromatic rings. The highest BCUT2D eigenvalue weighted by molar-refractivity contribution is 6.32. The summed E-state index contributed by atoms with van der Waals surface area (Å²) in [6.07, 6.45) is 3.90. The number of carbonyl (C=O) groups excluding carboxylic acids is 1. The zero-order valence-electron chi connectivity index (χ0n) is 12.4. The van der Waals surface area contributed by atoms with E-state index in [2.05, 4.69) is 20.6 Å². The van der Waals surface area contributed by atoms with Crippen molar-refractivity contribution in [2.45, 2.75) is 19.9 Å². The number of para-hydroxylation sites is 1. The summed E-state index contributed by atoms with van der Waals surface area (Å²) in [7, 11) is 1.54. The quantitative estimate of drug-likeness (QED) is 0.888. The molecule has 1 heterocycles. The third-order valence-electron chi connectivity index (χ3n) is 2.97. The van der Waals surface area contributed by atoms with E-state index < -0.39 is 0 Å². The first-order valence-electron chi connectivity index (χ1n) is 6.81. The first kappa shape index (κ1) is 16.0. The molecule has 0 aliphatic heterocycles. The minimum Gasteiger partial charge on any atom is -0.495 e. The van der Waals surface area contributed by atoms with Crippen LogP contribution in [0.2, 0.25) is 5.02 Å². The lowest BCUT2D eigenvalue weighted by molar-refractivity contribution is 0.251. The van der Waals surface area contributed by atoms with E-state index in [1.54, 1.807) is 24.5 Å². The van der Waals surface area contributed by atoms with Crippen LogP contribution < -0.4 is 15.4 Å². The van der Waals surface area contributed by atoms with Crippen LogP contribution in [0.4, 0.5) is 10.5 Å². The fourth-order valence-electron chi connectivity index (χ4n) is 1.87. The minimum absolute atomic E-state index is 0.295. The second kappa shape index (κ2) is 7.61. The molecule has 0 fully saturated rings. The number of hydrogen-bond donors (Lipinski definition) is 2. The Balaban J connectivity index is 1.94. The van der Waals surface area contributed by atoms with Crippen LogP contribution in [0.5, 0.6) is 5.75 Å². The monoisotopic (exact) mass is 320 g/mol. The number of amides is 2. The maximum atomic E-state index is 11.9. The van der Waals surface area contributed by atoms with E-state index in [0.717, 1.165) is 17.8 Å². The first-order chi connectivity index (χ1) is 10.6. The maximum absolute atomic E-state index is 11.9. The second-order valence-electron chi connectivity index (χ2n) is 4.48. The number of urea groups is 1. The molecule has 2 amide bonds. The molecular weight excluding hydrogens is 304 g/mol. The number of carbonyl (C=O) groups is 1. The normalized spacial score (nSPS) is 10.1. The van der Waals surface area contributed by atoms with Gasteiger partial charge in [-0.05, 0) is 6.07 Å². The third kappa shape index (κ3) is 4.08. The van der Waals surface area contributed by atoms with Gasteiger partial charge in [0.2, 0.25) is 0 Å². The van der Waals surface area contributed by atoms with Gasteiger partial charge in [0.05, 0.1) is 30.2 Å². The van der Waals surface area contributed by atoms with Crippen LogP contribution in [0.15, 0.2) is 30.6 Å². The Morgan fingerprint density at radius 2 is 2.05 bits per heavy atom. The zero-order valence-corrected chi connectivity index (χ0v) is 13.1. The van der Waals surface area contributed by atoms with Gasteiger partial charge < -0.3 is 15.4 Å². The summed E-state index contributed by atoms with van der Waals surface area (Å²) >= 11 is 6.03. The van der Waals surface area contributed by atoms with Crippen LogP contribution >= 0.6 is 11.6 Å². The highest BCUT2D eigenvalue weighted by atomic mass is 35.5. The number of nitrogens with zero attached hydrogens (tertiary/aromatic N) is 2. The van der Waals surface area contributed by atoms with Crippen molar-refractivity contribution in [2.24, 2.45) is 0 Å². The summed E-state index contributed by atoms with van der Waals surface area (Å²) in [4.78, 5) is 20.1. The average Bonchev–Trinajstić information content (AvgIpc) is 2.53. The molecule has 0 bridgehead atoms. The predicted octanol–water partition coefficient (Wildman–Crippen LogP) is 3.02. The number of aromatic nitrogens is 2. The summed E-state index contributed by atoms with van der Waals surface area (Å²) in [6.45, 7) is 2.26. The lowest BCUT2D eigenvalue weighted by Crippen LogP contribution is -2.28. The SMILES string of the molecule is CCc1ncc(NC(=O)NCc2cccc(Cl)c2OC)cn1. The fourth-order valence-corrected chi connectivity index (χ4v) is 2.15. The molecule has 0 saturated carbocycles. The van der Waals surface area contributed by atoms with Gasteiger partial charge in [-0.1, -0.05) is 30.7 Å². The van der Waals surface area contributed by atoms with Crippen LogP contribution in [0, 0.1) is 0 Å². The molecule has 0 spiro atoms. The summed E-state index contributed by atoms with van der Waals surface area (Å²) in [6, 6.07) is 5.02. The Hall–Kier alpha value is -2.34. The maximum Gasteiger partial charge on any atom is 0.319 e. The molecule has 2 N–H and O–H groups in total. The lowest BCUT2D eigenvalue weighted by atomic mass is 10.2. The van der Waals surface area contributed by atoms with Gasteiger partial charge in [0.25, 0.3) is 0 Å². The van der Waals surface area contributed by atoms with Crippen molar-refractivity contribution in [1.29, 1.82) is 0 Å². The fraction of sp³-hybridized carbons (Fsp3) is 0.267. The topological polar surface area (TPSA) is 76.1 Å². The second-order valence-corrected chi connectivity index (χ2v) is 4.89. The lowest BCUT2D eigenvalue weighted by Gasteiger charge is -2.11. The largest absolute Gasteiger partial charge is 0.495 e. The van der Waals surface area contributed by atoms with Crippen molar-refractivity contribution in [3.63, 3.8) is 0 Å². The third-order valence-corrected chi connectivity index (χ3v) is 3.27. The molecule has 22 heavy (non-hydrogen) atoms. The molecule has 0 saturated heterocycles. The van der Waals surface area contributed by atoms with Gasteiger partial charge in [0.1, 0.15) is 11.6 Å². The van der Waals surface area contributed by atoms with Gasteiger partial charge in [-0.25, -0.2) is 14.8 Å². The van der Waals surface area contributed by atoms with E-state index >= 15 is 0 Å². The standard InChI is InChI=1S/C15H17ClN4O2/c1-3-13-17-8-11(9-18-13)20-15(21)19-7-10-5-4-6-12(16)14(10)22-2/h4-6,8-9H,3,7H2,1-2H3,(H2,19,20,21). The Labute approximate surface area is 133 Å². The molecule has 6 nitrogen and oxygen atoms in total. The van der Waals surface area contributed by atoms with Gasteiger partial charge in [-0.3, -0.25) is 0 Å². The summed E-state index contributed by atoms with van der Waals surface area (Å²) in [5.41, 5.74) is 1.33. The minimum atomic E-state index is -0.352. The van der Waals surface area contributed by atoms with Crippen molar-refractivity contribution in [1.82, 2.24) is 15.3 Å². The van der Waals surface area contributed by atoms with Gasteiger partial charge in [0, 0.05) is 18.5 Å². The van der Waals surface area contributed by atoms with Crippen LogP contribution in [-0.4, -0.2) is 23.1 Å². The van der Waals surface area contributed by atoms with Crippen LogP contribution in [-0.2, 0) is 13.0 Å². The molecule has 2 rings (SSSR count). The summed E-state index contributed by atoms with van der Waals surface area (Å²) < 4.78 is 5.23. The van der Waals surface area contributed by atoms with Gasteiger partial charge in [-0.15, -0.1) is 0 Å². The van der Waals surface area contributed by atoms with Crippen molar-refractivity contribution >= 4 is 23.3 Å². The van der Waals surface area contributed by atoms with E-state index in [9.17, 15) is 4.79 Å². The number of nitrogens with one attached hydrogen (secondary N) is 2. The van der Waals surface area contributed by atoms with Gasteiger partial charge in [0.15, 0.2) is 0 Å². The Morgan fingerprint density at radius 3 is 2.68 bits per heavy atom. The first-order valence-corrected chi connectivity index (χ1v) is 7.19. The van der Waals surface area contributed by atoms with Crippen molar-refractivity contribution in [2.75, 3.05) is 12.4 Å². The molecular formula is C15H17ClN4O2. The summed E-state index contributed by atoms with van der Waals surface area (Å²) in [5.74, 6) is 1.29. The van der Waals surface area contributed by atoms with Gasteiger partial charge >= 0.3 is 6.03 Å². The number of hydrogen-bond acceptors (Lipinski definition) is 4. The molecule has 0 aliphatic carbocycles. The molecule has 0 unspecified atom stereocenters. The van der Waals surface area contributed by atoms with E-state index in [1.165, 1.54) is 7.11 Å². The number of methoxy groups -OCH3 is 1. The van der Waals surface area contributed by atoms with Crippen molar-refractivity contribution in [3.05, 3.63) is 47.0 Å². The Morgan fingerprint density at radius 1 is 1.32 bits per heavy atom. The molecule has 1 aromatic carbocycles. The van der Waals surface area contributed by atoms with Gasteiger partial charge in [-0.2, -0.15) is 0 Å². The summed E-state index contributed by atoms with van der Waals surface area (Å²) in [5, 5.41) is 5.91. The molecule has 0 atom stereocenters. The highest BCUT2D eigenvalue weighted by Gasteiger charge is 2.09. The molecule has 116 valence electrons. The number of ether oxygens (including phenoxy) is 1. The van der Waals surface area contributed by atoms with E-state index in [-0.39, 0.29) is 6.03 Å². The van der Waals surface area contributed by atoms with E-state index in [1.807, 2.05) is 13.0 Å². The Bertz CT molecular complexity index is 646. The van der Waals surface area contributed by atoms with E-state index in [0.29, 0.717) is 23.0 Å². The zero-order chi connectivity index (χ0) is 15.9. The smallest absolute Gasteiger partial charge is 0.319 e. The molecule has 0 radical (unpaired) electrons.